The van der Waals surface area contributed by atoms with Crippen molar-refractivity contribution >= 4 is 23.6 Å². The first kappa shape index (κ1) is 17.3. The summed E-state index contributed by atoms with van der Waals surface area (Å²) >= 11 is 0. The molecule has 0 radical (unpaired) electrons. The molecule has 0 saturated heterocycles. The van der Waals surface area contributed by atoms with Gasteiger partial charge in [-0.05, 0) is 43.9 Å². The molecule has 1 atom stereocenters. The molecule has 0 spiro atoms. The summed E-state index contributed by atoms with van der Waals surface area (Å²) in [5.74, 6) is -1.39. The van der Waals surface area contributed by atoms with E-state index in [0.717, 1.165) is 25.7 Å². The first-order valence-electron chi connectivity index (χ1n) is 8.77. The smallest absolute Gasteiger partial charge is 0.338 e. The van der Waals surface area contributed by atoms with Crippen LogP contribution in [0.2, 0.25) is 0 Å². The molecule has 0 N–H and O–H groups in total. The van der Waals surface area contributed by atoms with Gasteiger partial charge in [-0.1, -0.05) is 13.3 Å². The topological polar surface area (TPSA) is 80.8 Å². The lowest BCUT2D eigenvalue weighted by Crippen LogP contribution is -2.30. The highest BCUT2D eigenvalue weighted by Crippen LogP contribution is 2.25. The van der Waals surface area contributed by atoms with Crippen LogP contribution in [-0.2, 0) is 9.53 Å². The summed E-state index contributed by atoms with van der Waals surface area (Å²) in [7, 11) is 0. The van der Waals surface area contributed by atoms with Gasteiger partial charge in [-0.15, -0.1) is 0 Å². The number of hydrogen-bond donors (Lipinski definition) is 0. The van der Waals surface area contributed by atoms with Gasteiger partial charge < -0.3 is 4.74 Å². The van der Waals surface area contributed by atoms with Gasteiger partial charge >= 0.3 is 5.97 Å². The second kappa shape index (κ2) is 7.17. The molecule has 25 heavy (non-hydrogen) atoms. The molecule has 2 aliphatic rings. The Labute approximate surface area is 146 Å². The maximum atomic E-state index is 12.4. The van der Waals surface area contributed by atoms with Gasteiger partial charge in [-0.3, -0.25) is 19.3 Å². The molecule has 6 heteroatoms. The lowest BCUT2D eigenvalue weighted by Gasteiger charge is -2.20. The minimum Gasteiger partial charge on any atom is -0.451 e. The molecule has 6 nitrogen and oxygen atoms in total. The molecule has 1 aromatic carbocycles. The summed E-state index contributed by atoms with van der Waals surface area (Å²) in [6, 6.07) is 4.36. The molecule has 1 aliphatic heterocycles. The number of amides is 2. The van der Waals surface area contributed by atoms with E-state index in [1.807, 2.05) is 6.92 Å². The molecular weight excluding hydrogens is 322 g/mol. The van der Waals surface area contributed by atoms with E-state index in [-0.39, 0.29) is 28.7 Å². The number of carbonyl (C=O) groups is 4. The Morgan fingerprint density at radius 1 is 1.16 bits per heavy atom. The van der Waals surface area contributed by atoms with Gasteiger partial charge in [0.05, 0.1) is 16.7 Å². The number of fused-ring (bicyclic) bond motifs is 1. The zero-order valence-corrected chi connectivity index (χ0v) is 14.2. The second-order valence-corrected chi connectivity index (χ2v) is 6.48. The zero-order valence-electron chi connectivity index (χ0n) is 14.2. The molecule has 0 aromatic heterocycles. The number of ether oxygens (including phenoxy) is 1. The minimum absolute atomic E-state index is 0.0576. The van der Waals surface area contributed by atoms with Crippen LogP contribution in [0.15, 0.2) is 18.2 Å². The molecule has 1 heterocycles. The van der Waals surface area contributed by atoms with Crippen molar-refractivity contribution in [3.05, 3.63) is 34.9 Å². The number of rotatable bonds is 5. The zero-order chi connectivity index (χ0) is 18.0. The van der Waals surface area contributed by atoms with Crippen LogP contribution in [-0.4, -0.2) is 41.1 Å². The fraction of sp³-hybridized carbons (Fsp3) is 0.474. The van der Waals surface area contributed by atoms with E-state index in [9.17, 15) is 19.2 Å². The molecule has 132 valence electrons. The number of Topliss-reactive ketones (excluding diaryl/α,β-unsaturated/α-hetero) is 1. The molecule has 3 rings (SSSR count). The standard InChI is InChI=1S/C19H21NO5/c1-2-3-10-20-17(22)13-9-8-12(11-14(13)18(20)23)19(24)25-16-7-5-4-6-15(16)21/h8-9,11,16H,2-7,10H2,1H3/t16-/m1/s1. The Morgan fingerprint density at radius 2 is 1.92 bits per heavy atom. The van der Waals surface area contributed by atoms with Gasteiger partial charge in [0.1, 0.15) is 0 Å². The number of esters is 1. The van der Waals surface area contributed by atoms with Crippen LogP contribution < -0.4 is 0 Å². The van der Waals surface area contributed by atoms with E-state index in [1.54, 1.807) is 0 Å². The van der Waals surface area contributed by atoms with E-state index < -0.39 is 12.1 Å². The number of imide groups is 1. The van der Waals surface area contributed by atoms with Crippen molar-refractivity contribution in [2.24, 2.45) is 0 Å². The maximum absolute atomic E-state index is 12.4. The summed E-state index contributed by atoms with van der Waals surface area (Å²) in [4.78, 5) is 50.1. The highest BCUT2D eigenvalue weighted by atomic mass is 16.5. The third kappa shape index (κ3) is 3.34. The number of ketones is 1. The van der Waals surface area contributed by atoms with Gasteiger partial charge in [-0.2, -0.15) is 0 Å². The van der Waals surface area contributed by atoms with Gasteiger partial charge in [-0.25, -0.2) is 4.79 Å². The first-order valence-corrected chi connectivity index (χ1v) is 8.77. The molecular formula is C19H21NO5. The van der Waals surface area contributed by atoms with Crippen LogP contribution in [0.1, 0.15) is 76.5 Å². The van der Waals surface area contributed by atoms with Crippen molar-refractivity contribution in [1.82, 2.24) is 4.90 Å². The number of hydrogen-bond acceptors (Lipinski definition) is 5. The minimum atomic E-state index is -0.701. The van der Waals surface area contributed by atoms with Gasteiger partial charge in [0.15, 0.2) is 11.9 Å². The Balaban J connectivity index is 1.77. The monoisotopic (exact) mass is 343 g/mol. The Morgan fingerprint density at radius 3 is 2.64 bits per heavy atom. The van der Waals surface area contributed by atoms with Crippen LogP contribution in [0.5, 0.6) is 0 Å². The Bertz CT molecular complexity index is 739. The fourth-order valence-corrected chi connectivity index (χ4v) is 3.21. The van der Waals surface area contributed by atoms with Crippen LogP contribution >= 0.6 is 0 Å². The predicted octanol–water partition coefficient (Wildman–Crippen LogP) is 2.75. The predicted molar refractivity (Wildman–Crippen MR) is 89.4 cm³/mol. The summed E-state index contributed by atoms with van der Waals surface area (Å²) in [5.41, 5.74) is 0.729. The number of nitrogens with zero attached hydrogens (tertiary/aromatic N) is 1. The number of carbonyl (C=O) groups excluding carboxylic acids is 4. The van der Waals surface area contributed by atoms with E-state index in [1.165, 1.54) is 23.1 Å². The van der Waals surface area contributed by atoms with Crippen molar-refractivity contribution < 1.29 is 23.9 Å². The molecule has 2 amide bonds. The lowest BCUT2D eigenvalue weighted by atomic mass is 9.96. The summed E-state index contributed by atoms with van der Waals surface area (Å²) in [6.45, 7) is 2.36. The van der Waals surface area contributed by atoms with Crippen LogP contribution in [0.25, 0.3) is 0 Å². The highest BCUT2D eigenvalue weighted by molar-refractivity contribution is 6.22. The van der Waals surface area contributed by atoms with Crippen LogP contribution in [0.3, 0.4) is 0 Å². The molecule has 1 saturated carbocycles. The normalized spacial score (nSPS) is 20.0. The van der Waals surface area contributed by atoms with Gasteiger partial charge in [0, 0.05) is 13.0 Å². The number of unbranched alkanes of at least 4 members (excludes halogenated alkanes) is 1. The quantitative estimate of drug-likeness (QED) is 0.606. The molecule has 0 bridgehead atoms. The van der Waals surface area contributed by atoms with Gasteiger partial charge in [0.25, 0.3) is 11.8 Å². The third-order valence-electron chi connectivity index (χ3n) is 4.69. The maximum Gasteiger partial charge on any atom is 0.338 e. The number of benzene rings is 1. The third-order valence-corrected chi connectivity index (χ3v) is 4.69. The van der Waals surface area contributed by atoms with Crippen molar-refractivity contribution in [2.45, 2.75) is 51.6 Å². The fourth-order valence-electron chi connectivity index (χ4n) is 3.21. The average Bonchev–Trinajstić information content (AvgIpc) is 2.85. The van der Waals surface area contributed by atoms with E-state index in [2.05, 4.69) is 0 Å². The van der Waals surface area contributed by atoms with E-state index in [0.29, 0.717) is 24.9 Å². The van der Waals surface area contributed by atoms with Crippen molar-refractivity contribution in [2.75, 3.05) is 6.54 Å². The highest BCUT2D eigenvalue weighted by Gasteiger charge is 2.36. The summed E-state index contributed by atoms with van der Waals surface area (Å²) in [6.07, 6.45) is 3.57. The summed E-state index contributed by atoms with van der Waals surface area (Å²) < 4.78 is 5.30. The molecule has 0 unspecified atom stereocenters. The molecule has 1 fully saturated rings. The SMILES string of the molecule is CCCCN1C(=O)c2ccc(C(=O)O[C@@H]3CCCCC3=O)cc2C1=O. The molecule has 1 aromatic rings. The van der Waals surface area contributed by atoms with Crippen LogP contribution in [0, 0.1) is 0 Å². The van der Waals surface area contributed by atoms with Crippen molar-refractivity contribution in [3.8, 4) is 0 Å². The second-order valence-electron chi connectivity index (χ2n) is 6.48. The van der Waals surface area contributed by atoms with E-state index >= 15 is 0 Å². The van der Waals surface area contributed by atoms with Crippen molar-refractivity contribution in [1.29, 1.82) is 0 Å². The Hall–Kier alpha value is -2.50. The summed E-state index contributed by atoms with van der Waals surface area (Å²) in [5, 5.41) is 0. The average molecular weight is 343 g/mol. The van der Waals surface area contributed by atoms with Crippen molar-refractivity contribution in [3.63, 3.8) is 0 Å². The largest absolute Gasteiger partial charge is 0.451 e. The lowest BCUT2D eigenvalue weighted by molar-refractivity contribution is -0.129. The van der Waals surface area contributed by atoms with Crippen LogP contribution in [0.4, 0.5) is 0 Å². The molecule has 1 aliphatic carbocycles. The van der Waals surface area contributed by atoms with E-state index in [4.69, 9.17) is 4.74 Å². The first-order chi connectivity index (χ1) is 12.0. The Kier molecular flexibility index (Phi) is 4.97. The van der Waals surface area contributed by atoms with Gasteiger partial charge in [0.2, 0.25) is 0 Å².